The SMILES string of the molecule is CC(NC(=O)c1ccc2nc(Cl)ccc2c1)c1ccc2c(c1)OCO2. The molecule has 0 radical (unpaired) electrons. The lowest BCUT2D eigenvalue weighted by Gasteiger charge is -2.15. The van der Waals surface area contributed by atoms with E-state index in [1.165, 1.54) is 0 Å². The number of fused-ring (bicyclic) bond motifs is 2. The van der Waals surface area contributed by atoms with Crippen molar-refractivity contribution in [2.45, 2.75) is 13.0 Å². The zero-order valence-electron chi connectivity index (χ0n) is 13.5. The topological polar surface area (TPSA) is 60.5 Å². The third-order valence-corrected chi connectivity index (χ3v) is 4.37. The van der Waals surface area contributed by atoms with Gasteiger partial charge >= 0.3 is 0 Å². The Kier molecular flexibility index (Phi) is 3.93. The lowest BCUT2D eigenvalue weighted by molar-refractivity contribution is 0.0940. The van der Waals surface area contributed by atoms with Crippen LogP contribution in [0.4, 0.5) is 0 Å². The summed E-state index contributed by atoms with van der Waals surface area (Å²) < 4.78 is 10.7. The average Bonchev–Trinajstić information content (AvgIpc) is 3.08. The Morgan fingerprint density at radius 2 is 1.96 bits per heavy atom. The number of carbonyl (C=O) groups is 1. The number of carbonyl (C=O) groups excluding carboxylic acids is 1. The molecule has 1 aliphatic heterocycles. The van der Waals surface area contributed by atoms with Crippen molar-refractivity contribution in [1.29, 1.82) is 0 Å². The third kappa shape index (κ3) is 3.10. The molecule has 1 unspecified atom stereocenters. The smallest absolute Gasteiger partial charge is 0.251 e. The summed E-state index contributed by atoms with van der Waals surface area (Å²) in [6, 6.07) is 14.4. The molecule has 0 saturated carbocycles. The second kappa shape index (κ2) is 6.26. The maximum Gasteiger partial charge on any atom is 0.251 e. The van der Waals surface area contributed by atoms with Gasteiger partial charge in [0.25, 0.3) is 5.91 Å². The standard InChI is InChI=1S/C19H15ClN2O3/c1-11(12-3-6-16-17(9-12)25-10-24-16)21-19(23)14-2-5-15-13(8-14)4-7-18(20)22-15/h2-9,11H,10H2,1H3,(H,21,23). The van der Waals surface area contributed by atoms with Crippen LogP contribution < -0.4 is 14.8 Å². The fraction of sp³-hybridized carbons (Fsp3) is 0.158. The molecule has 0 saturated heterocycles. The Morgan fingerprint density at radius 1 is 1.12 bits per heavy atom. The van der Waals surface area contributed by atoms with Crippen molar-refractivity contribution in [2.75, 3.05) is 6.79 Å². The van der Waals surface area contributed by atoms with E-state index in [4.69, 9.17) is 21.1 Å². The zero-order valence-corrected chi connectivity index (χ0v) is 14.2. The molecular formula is C19H15ClN2O3. The first-order valence-corrected chi connectivity index (χ1v) is 8.25. The highest BCUT2D eigenvalue weighted by Crippen LogP contribution is 2.34. The first kappa shape index (κ1) is 15.7. The van der Waals surface area contributed by atoms with Gasteiger partial charge < -0.3 is 14.8 Å². The minimum absolute atomic E-state index is 0.151. The number of hydrogen-bond donors (Lipinski definition) is 1. The van der Waals surface area contributed by atoms with Crippen LogP contribution in [0.2, 0.25) is 5.15 Å². The molecule has 3 aromatic rings. The van der Waals surface area contributed by atoms with Crippen molar-refractivity contribution >= 4 is 28.4 Å². The molecular weight excluding hydrogens is 340 g/mol. The Morgan fingerprint density at radius 3 is 2.84 bits per heavy atom. The highest BCUT2D eigenvalue weighted by Gasteiger charge is 2.17. The molecule has 126 valence electrons. The molecule has 1 amide bonds. The monoisotopic (exact) mass is 354 g/mol. The van der Waals surface area contributed by atoms with Gasteiger partial charge in [-0.2, -0.15) is 0 Å². The molecule has 1 aliphatic rings. The summed E-state index contributed by atoms with van der Waals surface area (Å²) in [6.45, 7) is 2.16. The van der Waals surface area contributed by atoms with Gasteiger partial charge in [0.1, 0.15) is 5.15 Å². The number of hydrogen-bond acceptors (Lipinski definition) is 4. The molecule has 0 fully saturated rings. The van der Waals surface area contributed by atoms with Crippen LogP contribution in [0, 0.1) is 0 Å². The minimum Gasteiger partial charge on any atom is -0.454 e. The van der Waals surface area contributed by atoms with E-state index in [1.54, 1.807) is 24.3 Å². The van der Waals surface area contributed by atoms with Gasteiger partial charge in [-0.15, -0.1) is 0 Å². The molecule has 0 aliphatic carbocycles. The molecule has 0 spiro atoms. The Bertz CT molecular complexity index is 974. The van der Waals surface area contributed by atoms with Crippen molar-refractivity contribution in [2.24, 2.45) is 0 Å². The van der Waals surface area contributed by atoms with Crippen molar-refractivity contribution < 1.29 is 14.3 Å². The van der Waals surface area contributed by atoms with Crippen LogP contribution in [-0.4, -0.2) is 17.7 Å². The van der Waals surface area contributed by atoms with Gasteiger partial charge in [-0.05, 0) is 55.0 Å². The number of aromatic nitrogens is 1. The number of benzene rings is 2. The van der Waals surface area contributed by atoms with Gasteiger partial charge in [-0.3, -0.25) is 4.79 Å². The molecule has 25 heavy (non-hydrogen) atoms. The molecule has 1 aromatic heterocycles. The number of halogens is 1. The predicted octanol–water partition coefficient (Wildman–Crippen LogP) is 4.11. The molecule has 2 heterocycles. The molecule has 5 nitrogen and oxygen atoms in total. The Balaban J connectivity index is 1.54. The fourth-order valence-corrected chi connectivity index (χ4v) is 2.94. The van der Waals surface area contributed by atoms with E-state index in [0.717, 1.165) is 22.2 Å². The largest absolute Gasteiger partial charge is 0.454 e. The molecule has 6 heteroatoms. The summed E-state index contributed by atoms with van der Waals surface area (Å²) in [5.41, 5.74) is 2.28. The number of pyridine rings is 1. The van der Waals surface area contributed by atoms with Crippen molar-refractivity contribution in [3.63, 3.8) is 0 Å². The minimum atomic E-state index is -0.166. The highest BCUT2D eigenvalue weighted by atomic mass is 35.5. The van der Waals surface area contributed by atoms with Crippen molar-refractivity contribution in [3.8, 4) is 11.5 Å². The Labute approximate surface area is 149 Å². The lowest BCUT2D eigenvalue weighted by atomic mass is 10.1. The Hall–Kier alpha value is -2.79. The van der Waals surface area contributed by atoms with Gasteiger partial charge in [0.15, 0.2) is 11.5 Å². The second-order valence-electron chi connectivity index (χ2n) is 5.85. The number of rotatable bonds is 3. The fourth-order valence-electron chi connectivity index (χ4n) is 2.79. The van der Waals surface area contributed by atoms with Crippen LogP contribution >= 0.6 is 11.6 Å². The van der Waals surface area contributed by atoms with E-state index in [-0.39, 0.29) is 18.7 Å². The van der Waals surface area contributed by atoms with Crippen LogP contribution in [-0.2, 0) is 0 Å². The van der Waals surface area contributed by atoms with Crippen LogP contribution in [0.25, 0.3) is 10.9 Å². The second-order valence-corrected chi connectivity index (χ2v) is 6.24. The maximum absolute atomic E-state index is 12.6. The summed E-state index contributed by atoms with van der Waals surface area (Å²) in [6.07, 6.45) is 0. The summed E-state index contributed by atoms with van der Waals surface area (Å²) in [5, 5.41) is 4.30. The maximum atomic E-state index is 12.6. The van der Waals surface area contributed by atoms with Gasteiger partial charge in [-0.25, -0.2) is 4.98 Å². The van der Waals surface area contributed by atoms with Gasteiger partial charge in [0.2, 0.25) is 6.79 Å². The highest BCUT2D eigenvalue weighted by molar-refractivity contribution is 6.29. The van der Waals surface area contributed by atoms with Crippen LogP contribution in [0.5, 0.6) is 11.5 Å². The number of amides is 1. The van der Waals surface area contributed by atoms with Crippen LogP contribution in [0.3, 0.4) is 0 Å². The molecule has 2 aromatic carbocycles. The number of ether oxygens (including phenoxy) is 2. The van der Waals surface area contributed by atoms with Crippen molar-refractivity contribution in [1.82, 2.24) is 10.3 Å². The first-order chi connectivity index (χ1) is 12.1. The molecule has 1 atom stereocenters. The first-order valence-electron chi connectivity index (χ1n) is 7.87. The summed E-state index contributed by atoms with van der Waals surface area (Å²) in [5.74, 6) is 1.28. The summed E-state index contributed by atoms with van der Waals surface area (Å²) in [7, 11) is 0. The van der Waals surface area contributed by atoms with Gasteiger partial charge in [0, 0.05) is 10.9 Å². The quantitative estimate of drug-likeness (QED) is 0.719. The molecule has 0 bridgehead atoms. The number of nitrogens with zero attached hydrogens (tertiary/aromatic N) is 1. The van der Waals surface area contributed by atoms with E-state index in [1.807, 2.05) is 31.2 Å². The molecule has 4 rings (SSSR count). The van der Waals surface area contributed by atoms with E-state index in [9.17, 15) is 4.79 Å². The van der Waals surface area contributed by atoms with Crippen LogP contribution in [0.15, 0.2) is 48.5 Å². The van der Waals surface area contributed by atoms with Gasteiger partial charge in [0.05, 0.1) is 11.6 Å². The van der Waals surface area contributed by atoms with E-state index < -0.39 is 0 Å². The average molecular weight is 355 g/mol. The van der Waals surface area contributed by atoms with E-state index in [2.05, 4.69) is 10.3 Å². The van der Waals surface area contributed by atoms with E-state index in [0.29, 0.717) is 16.5 Å². The normalized spacial score (nSPS) is 13.7. The van der Waals surface area contributed by atoms with Crippen molar-refractivity contribution in [3.05, 3.63) is 64.8 Å². The predicted molar refractivity (Wildman–Crippen MR) is 95.2 cm³/mol. The van der Waals surface area contributed by atoms with E-state index >= 15 is 0 Å². The zero-order chi connectivity index (χ0) is 17.4. The summed E-state index contributed by atoms with van der Waals surface area (Å²) in [4.78, 5) is 16.8. The molecule has 1 N–H and O–H groups in total. The summed E-state index contributed by atoms with van der Waals surface area (Å²) >= 11 is 5.89. The van der Waals surface area contributed by atoms with Crippen LogP contribution in [0.1, 0.15) is 28.9 Å². The third-order valence-electron chi connectivity index (χ3n) is 4.16. The van der Waals surface area contributed by atoms with Gasteiger partial charge in [-0.1, -0.05) is 17.7 Å². The number of nitrogens with one attached hydrogen (secondary N) is 1. The lowest BCUT2D eigenvalue weighted by Crippen LogP contribution is -2.26.